The number of hydrogen-bond acceptors (Lipinski definition) is 2. The van der Waals surface area contributed by atoms with Crippen molar-refractivity contribution in [1.29, 1.82) is 0 Å². The van der Waals surface area contributed by atoms with Gasteiger partial charge in [0.05, 0.1) is 10.7 Å². The minimum Gasteiger partial charge on any atom is -0.485 e. The minimum atomic E-state index is 0.341. The first kappa shape index (κ1) is 12.1. The molecule has 17 heavy (non-hydrogen) atoms. The van der Waals surface area contributed by atoms with Crippen molar-refractivity contribution >= 4 is 28.9 Å². The Hall–Kier alpha value is -1.38. The fourth-order valence-electron chi connectivity index (χ4n) is 1.44. The van der Waals surface area contributed by atoms with Gasteiger partial charge in [0.25, 0.3) is 0 Å². The molecule has 0 bridgehead atoms. The lowest BCUT2D eigenvalue weighted by atomic mass is 10.2. The summed E-state index contributed by atoms with van der Waals surface area (Å²) in [4.78, 5) is 0. The molecule has 0 aliphatic heterocycles. The quantitative estimate of drug-likeness (QED) is 0.848. The first-order valence-corrected chi connectivity index (χ1v) is 5.84. The summed E-state index contributed by atoms with van der Waals surface area (Å²) in [5.74, 6) is 0.495. The van der Waals surface area contributed by atoms with E-state index in [-0.39, 0.29) is 0 Å². The maximum Gasteiger partial charge on any atom is 0.161 e. The highest BCUT2D eigenvalue weighted by Crippen LogP contribution is 2.31. The van der Waals surface area contributed by atoms with E-state index in [1.807, 2.05) is 24.3 Å². The average Bonchev–Trinajstić information content (AvgIpc) is 2.30. The lowest BCUT2D eigenvalue weighted by Crippen LogP contribution is -1.99. The largest absolute Gasteiger partial charge is 0.485 e. The zero-order valence-corrected chi connectivity index (χ0v) is 10.5. The molecule has 0 fully saturated rings. The molecule has 0 aromatic heterocycles. The van der Waals surface area contributed by atoms with Crippen molar-refractivity contribution in [3.8, 4) is 5.75 Å². The Labute approximate surface area is 110 Å². The molecule has 0 unspecified atom stereocenters. The van der Waals surface area contributed by atoms with Crippen LogP contribution < -0.4 is 10.5 Å². The predicted octanol–water partition coefficient (Wildman–Crippen LogP) is 4.15. The Bertz CT molecular complexity index is 508. The number of benzene rings is 2. The highest BCUT2D eigenvalue weighted by atomic mass is 35.5. The van der Waals surface area contributed by atoms with Crippen LogP contribution in [-0.2, 0) is 6.61 Å². The van der Waals surface area contributed by atoms with E-state index in [4.69, 9.17) is 33.7 Å². The number of para-hydroxylation sites is 1. The first-order valence-electron chi connectivity index (χ1n) is 5.08. The third kappa shape index (κ3) is 2.84. The Morgan fingerprint density at radius 2 is 1.65 bits per heavy atom. The molecule has 0 aliphatic carbocycles. The number of halogens is 2. The van der Waals surface area contributed by atoms with Crippen molar-refractivity contribution in [3.05, 3.63) is 58.1 Å². The van der Waals surface area contributed by atoms with Crippen molar-refractivity contribution in [2.75, 3.05) is 5.73 Å². The molecule has 0 radical (unpaired) electrons. The van der Waals surface area contributed by atoms with Crippen LogP contribution in [0.3, 0.4) is 0 Å². The Balaban J connectivity index is 2.16. The van der Waals surface area contributed by atoms with Crippen LogP contribution in [0.2, 0.25) is 10.0 Å². The molecule has 0 saturated carbocycles. The number of nitrogens with two attached hydrogens (primary N) is 1. The molecule has 2 N–H and O–H groups in total. The number of hydrogen-bond donors (Lipinski definition) is 1. The molecule has 0 atom stereocenters. The monoisotopic (exact) mass is 267 g/mol. The van der Waals surface area contributed by atoms with Gasteiger partial charge in [0, 0.05) is 10.6 Å². The third-order valence-corrected chi connectivity index (χ3v) is 2.99. The van der Waals surface area contributed by atoms with E-state index >= 15 is 0 Å². The van der Waals surface area contributed by atoms with Crippen molar-refractivity contribution in [1.82, 2.24) is 0 Å². The van der Waals surface area contributed by atoms with E-state index in [1.54, 1.807) is 18.2 Å². The van der Waals surface area contributed by atoms with E-state index in [0.29, 0.717) is 28.1 Å². The number of rotatable bonds is 3. The molecule has 2 nitrogen and oxygen atoms in total. The fraction of sp³-hybridized carbons (Fsp3) is 0.0769. The summed E-state index contributed by atoms with van der Waals surface area (Å²) in [5, 5.41) is 1.16. The average molecular weight is 268 g/mol. The second-order valence-corrected chi connectivity index (χ2v) is 4.35. The lowest BCUT2D eigenvalue weighted by molar-refractivity contribution is 0.308. The molecule has 2 aromatic rings. The van der Waals surface area contributed by atoms with E-state index in [2.05, 4.69) is 0 Å². The van der Waals surface area contributed by atoms with Crippen LogP contribution in [0, 0.1) is 0 Å². The first-order chi connectivity index (χ1) is 8.18. The topological polar surface area (TPSA) is 35.2 Å². The van der Waals surface area contributed by atoms with Crippen molar-refractivity contribution in [2.45, 2.75) is 6.61 Å². The van der Waals surface area contributed by atoms with E-state index in [1.165, 1.54) is 0 Å². The summed E-state index contributed by atoms with van der Waals surface area (Å²) in [6.45, 7) is 0.341. The Kier molecular flexibility index (Phi) is 3.77. The predicted molar refractivity (Wildman–Crippen MR) is 71.6 cm³/mol. The summed E-state index contributed by atoms with van der Waals surface area (Å²) in [6, 6.07) is 12.7. The highest BCUT2D eigenvalue weighted by molar-refractivity contribution is 6.32. The van der Waals surface area contributed by atoms with Gasteiger partial charge in [0.15, 0.2) is 5.75 Å². The zero-order chi connectivity index (χ0) is 12.3. The number of ether oxygens (including phenoxy) is 1. The maximum atomic E-state index is 6.03. The van der Waals surface area contributed by atoms with Crippen molar-refractivity contribution in [3.63, 3.8) is 0 Å². The number of nitrogen functional groups attached to an aromatic ring is 1. The number of anilines is 1. The van der Waals surface area contributed by atoms with Crippen LogP contribution >= 0.6 is 23.2 Å². The second-order valence-electron chi connectivity index (χ2n) is 3.54. The SMILES string of the molecule is Nc1cccc(Cl)c1OCc1ccccc1Cl. The zero-order valence-electron chi connectivity index (χ0n) is 8.99. The molecule has 0 aliphatic rings. The van der Waals surface area contributed by atoms with E-state index < -0.39 is 0 Å². The lowest BCUT2D eigenvalue weighted by Gasteiger charge is -2.11. The molecule has 0 saturated heterocycles. The fourth-order valence-corrected chi connectivity index (χ4v) is 1.87. The van der Waals surface area contributed by atoms with Crippen LogP contribution in [0.1, 0.15) is 5.56 Å². The summed E-state index contributed by atoms with van der Waals surface area (Å²) in [5.41, 5.74) is 7.20. The summed E-state index contributed by atoms with van der Waals surface area (Å²) in [6.07, 6.45) is 0. The molecular formula is C13H11Cl2NO. The van der Waals surface area contributed by atoms with Gasteiger partial charge in [-0.15, -0.1) is 0 Å². The maximum absolute atomic E-state index is 6.03. The van der Waals surface area contributed by atoms with Crippen molar-refractivity contribution in [2.24, 2.45) is 0 Å². The van der Waals surface area contributed by atoms with Crippen LogP contribution in [0.4, 0.5) is 5.69 Å². The van der Waals surface area contributed by atoms with E-state index in [9.17, 15) is 0 Å². The minimum absolute atomic E-state index is 0.341. The second kappa shape index (κ2) is 5.30. The molecule has 4 heteroatoms. The van der Waals surface area contributed by atoms with Gasteiger partial charge < -0.3 is 10.5 Å². The van der Waals surface area contributed by atoms with Crippen LogP contribution in [0.25, 0.3) is 0 Å². The van der Waals surface area contributed by atoms with Gasteiger partial charge in [0.1, 0.15) is 6.61 Å². The molecule has 2 rings (SSSR count). The third-order valence-electron chi connectivity index (χ3n) is 2.33. The molecule has 0 spiro atoms. The molecule has 88 valence electrons. The van der Waals surface area contributed by atoms with Gasteiger partial charge in [0.2, 0.25) is 0 Å². The smallest absolute Gasteiger partial charge is 0.161 e. The molecular weight excluding hydrogens is 257 g/mol. The Morgan fingerprint density at radius 3 is 2.35 bits per heavy atom. The normalized spacial score (nSPS) is 10.2. The molecule has 0 amide bonds. The highest BCUT2D eigenvalue weighted by Gasteiger charge is 2.07. The summed E-state index contributed by atoms with van der Waals surface area (Å²) in [7, 11) is 0. The van der Waals surface area contributed by atoms with Gasteiger partial charge in [-0.1, -0.05) is 47.5 Å². The van der Waals surface area contributed by atoms with Gasteiger partial charge in [-0.3, -0.25) is 0 Å². The summed E-state index contributed by atoms with van der Waals surface area (Å²) < 4.78 is 5.59. The standard InChI is InChI=1S/C13H11Cl2NO/c14-10-5-2-1-4-9(10)8-17-13-11(15)6-3-7-12(13)16/h1-7H,8,16H2. The van der Waals surface area contributed by atoms with Gasteiger partial charge in [-0.2, -0.15) is 0 Å². The van der Waals surface area contributed by atoms with Crippen molar-refractivity contribution < 1.29 is 4.74 Å². The van der Waals surface area contributed by atoms with Gasteiger partial charge in [-0.25, -0.2) is 0 Å². The van der Waals surface area contributed by atoms with Crippen LogP contribution in [0.5, 0.6) is 5.75 Å². The molecule has 2 aromatic carbocycles. The molecule has 0 heterocycles. The van der Waals surface area contributed by atoms with Crippen LogP contribution in [0.15, 0.2) is 42.5 Å². The van der Waals surface area contributed by atoms with E-state index in [0.717, 1.165) is 5.56 Å². The van der Waals surface area contributed by atoms with Gasteiger partial charge in [-0.05, 0) is 18.2 Å². The van der Waals surface area contributed by atoms with Crippen LogP contribution in [-0.4, -0.2) is 0 Å². The Morgan fingerprint density at radius 1 is 0.941 bits per heavy atom. The summed E-state index contributed by atoms with van der Waals surface area (Å²) >= 11 is 12.0. The van der Waals surface area contributed by atoms with Gasteiger partial charge >= 0.3 is 0 Å².